The fraction of sp³-hybridized carbons (Fsp3) is 0.579. The van der Waals surface area contributed by atoms with Crippen LogP contribution in [0.3, 0.4) is 0 Å². The molecule has 0 radical (unpaired) electrons. The van der Waals surface area contributed by atoms with Crippen molar-refractivity contribution in [1.29, 1.82) is 0 Å². The van der Waals surface area contributed by atoms with E-state index in [2.05, 4.69) is 29.0 Å². The van der Waals surface area contributed by atoms with Crippen LogP contribution in [0.2, 0.25) is 0 Å². The molecular formula is C19H27N5O2. The van der Waals surface area contributed by atoms with Gasteiger partial charge >= 0.3 is 5.69 Å². The van der Waals surface area contributed by atoms with Gasteiger partial charge in [-0.1, -0.05) is 12.1 Å². The summed E-state index contributed by atoms with van der Waals surface area (Å²) >= 11 is 0. The quantitative estimate of drug-likeness (QED) is 0.864. The van der Waals surface area contributed by atoms with Gasteiger partial charge in [-0.25, -0.2) is 4.79 Å². The van der Waals surface area contributed by atoms with Gasteiger partial charge in [-0.2, -0.15) is 0 Å². The number of nitrogens with zero attached hydrogens (tertiary/aromatic N) is 3. The normalized spacial score (nSPS) is 22.6. The summed E-state index contributed by atoms with van der Waals surface area (Å²) in [5.74, 6) is 0.192. The van der Waals surface area contributed by atoms with E-state index in [0.717, 1.165) is 37.1 Å². The molecule has 2 N–H and O–H groups in total. The van der Waals surface area contributed by atoms with Gasteiger partial charge in [0, 0.05) is 38.4 Å². The number of likely N-dealkylation sites (tertiary alicyclic amines) is 1. The third-order valence-electron chi connectivity index (χ3n) is 5.75. The molecule has 1 amide bonds. The van der Waals surface area contributed by atoms with E-state index in [9.17, 15) is 9.59 Å². The molecule has 1 unspecified atom stereocenters. The monoisotopic (exact) mass is 357 g/mol. The summed E-state index contributed by atoms with van der Waals surface area (Å²) in [7, 11) is 0. The Morgan fingerprint density at radius 2 is 1.92 bits per heavy atom. The second-order valence-corrected chi connectivity index (χ2v) is 7.65. The predicted octanol–water partition coefficient (Wildman–Crippen LogP) is 1.13. The number of amides is 1. The summed E-state index contributed by atoms with van der Waals surface area (Å²) in [6.45, 7) is 7.26. The van der Waals surface area contributed by atoms with Crippen LogP contribution in [-0.4, -0.2) is 63.6 Å². The van der Waals surface area contributed by atoms with E-state index in [1.165, 1.54) is 0 Å². The Morgan fingerprint density at radius 1 is 1.19 bits per heavy atom. The highest BCUT2D eigenvalue weighted by molar-refractivity contribution is 5.82. The first-order valence-corrected chi connectivity index (χ1v) is 9.50. The second kappa shape index (κ2) is 6.89. The summed E-state index contributed by atoms with van der Waals surface area (Å²) in [5, 5.41) is 3.33. The molecule has 0 bridgehead atoms. The Morgan fingerprint density at radius 3 is 2.62 bits per heavy atom. The van der Waals surface area contributed by atoms with E-state index in [4.69, 9.17) is 0 Å². The minimum absolute atomic E-state index is 0.0546. The van der Waals surface area contributed by atoms with Crippen molar-refractivity contribution in [2.75, 3.05) is 26.3 Å². The van der Waals surface area contributed by atoms with Gasteiger partial charge in [0.1, 0.15) is 6.04 Å². The van der Waals surface area contributed by atoms with Crippen LogP contribution < -0.4 is 11.0 Å². The average molecular weight is 357 g/mol. The van der Waals surface area contributed by atoms with E-state index >= 15 is 0 Å². The number of H-pyrrole nitrogens is 1. The zero-order chi connectivity index (χ0) is 18.3. The maximum atomic E-state index is 12.8. The van der Waals surface area contributed by atoms with Crippen LogP contribution in [0.1, 0.15) is 32.7 Å². The summed E-state index contributed by atoms with van der Waals surface area (Å²) in [6, 6.07) is 8.28. The minimum atomic E-state index is -0.107. The first-order chi connectivity index (χ1) is 12.5. The van der Waals surface area contributed by atoms with E-state index in [1.54, 1.807) is 0 Å². The summed E-state index contributed by atoms with van der Waals surface area (Å²) in [4.78, 5) is 32.3. The van der Waals surface area contributed by atoms with Crippen LogP contribution in [0.4, 0.5) is 0 Å². The molecule has 1 atom stereocenters. The van der Waals surface area contributed by atoms with Crippen LogP contribution in [0, 0.1) is 0 Å². The standard InChI is InChI=1S/C19H27N5O2/c1-13(2)23-11-16(20-12-23)18(25)22-9-7-14(8-10-22)24-17-6-4-3-5-15(17)21-19(24)26/h3-6,13-14,16,20H,7-12H2,1-2H3,(H,21,26). The van der Waals surface area contributed by atoms with Crippen LogP contribution >= 0.6 is 0 Å². The molecule has 1 aromatic heterocycles. The van der Waals surface area contributed by atoms with Gasteiger partial charge in [0.2, 0.25) is 5.91 Å². The third-order valence-corrected chi connectivity index (χ3v) is 5.75. The number of rotatable bonds is 3. The van der Waals surface area contributed by atoms with Crippen molar-refractivity contribution in [3.05, 3.63) is 34.7 Å². The lowest BCUT2D eigenvalue weighted by molar-refractivity contribution is -0.134. The van der Waals surface area contributed by atoms with Crippen LogP contribution in [0.5, 0.6) is 0 Å². The Labute approximate surface area is 153 Å². The lowest BCUT2D eigenvalue weighted by Crippen LogP contribution is -2.48. The van der Waals surface area contributed by atoms with Gasteiger partial charge in [0.05, 0.1) is 11.0 Å². The topological polar surface area (TPSA) is 73.4 Å². The van der Waals surface area contributed by atoms with E-state index in [-0.39, 0.29) is 23.7 Å². The molecule has 2 aliphatic heterocycles. The molecule has 7 heteroatoms. The first kappa shape index (κ1) is 17.3. The Bertz CT molecular complexity index is 847. The average Bonchev–Trinajstić information content (AvgIpc) is 3.25. The molecule has 2 fully saturated rings. The molecule has 140 valence electrons. The smallest absolute Gasteiger partial charge is 0.326 e. The number of imidazole rings is 1. The first-order valence-electron chi connectivity index (χ1n) is 9.50. The summed E-state index contributed by atoms with van der Waals surface area (Å²) in [6.07, 6.45) is 1.63. The van der Waals surface area contributed by atoms with Crippen molar-refractivity contribution in [2.24, 2.45) is 0 Å². The molecule has 26 heavy (non-hydrogen) atoms. The van der Waals surface area contributed by atoms with Gasteiger partial charge in [0.25, 0.3) is 0 Å². The number of carbonyl (C=O) groups excluding carboxylic acids is 1. The highest BCUT2D eigenvalue weighted by atomic mass is 16.2. The summed E-state index contributed by atoms with van der Waals surface area (Å²) < 4.78 is 1.87. The SMILES string of the molecule is CC(C)N1CNC(C(=O)N2CCC(n3c(=O)[nH]c4ccccc43)CC2)C1. The molecule has 2 saturated heterocycles. The number of hydrogen-bond acceptors (Lipinski definition) is 4. The summed E-state index contributed by atoms with van der Waals surface area (Å²) in [5.41, 5.74) is 1.77. The fourth-order valence-electron chi connectivity index (χ4n) is 4.15. The molecule has 0 spiro atoms. The van der Waals surface area contributed by atoms with E-state index in [0.29, 0.717) is 19.1 Å². The van der Waals surface area contributed by atoms with Gasteiger partial charge < -0.3 is 9.88 Å². The molecule has 1 aromatic carbocycles. The zero-order valence-electron chi connectivity index (χ0n) is 15.4. The van der Waals surface area contributed by atoms with Crippen LogP contribution in [-0.2, 0) is 4.79 Å². The fourth-order valence-corrected chi connectivity index (χ4v) is 4.15. The second-order valence-electron chi connectivity index (χ2n) is 7.65. The van der Waals surface area contributed by atoms with Gasteiger partial charge in [-0.15, -0.1) is 0 Å². The number of piperidine rings is 1. The number of fused-ring (bicyclic) bond motifs is 1. The Balaban J connectivity index is 1.42. The number of aromatic nitrogens is 2. The van der Waals surface area contributed by atoms with E-state index in [1.807, 2.05) is 33.7 Å². The van der Waals surface area contributed by atoms with Crippen molar-refractivity contribution >= 4 is 16.9 Å². The number of nitrogens with one attached hydrogen (secondary N) is 2. The van der Waals surface area contributed by atoms with E-state index < -0.39 is 0 Å². The minimum Gasteiger partial charge on any atom is -0.341 e. The molecule has 7 nitrogen and oxygen atoms in total. The molecular weight excluding hydrogens is 330 g/mol. The largest absolute Gasteiger partial charge is 0.341 e. The lowest BCUT2D eigenvalue weighted by Gasteiger charge is -2.34. The number of benzene rings is 1. The van der Waals surface area contributed by atoms with Crippen molar-refractivity contribution in [3.63, 3.8) is 0 Å². The maximum absolute atomic E-state index is 12.8. The van der Waals surface area contributed by atoms with Crippen LogP contribution in [0.15, 0.2) is 29.1 Å². The lowest BCUT2D eigenvalue weighted by atomic mass is 10.0. The van der Waals surface area contributed by atoms with Crippen molar-refractivity contribution in [1.82, 2.24) is 24.7 Å². The van der Waals surface area contributed by atoms with Gasteiger partial charge in [0.15, 0.2) is 0 Å². The van der Waals surface area contributed by atoms with Crippen molar-refractivity contribution in [2.45, 2.75) is 44.8 Å². The Hall–Kier alpha value is -2.12. The number of carbonyl (C=O) groups is 1. The maximum Gasteiger partial charge on any atom is 0.326 e. The highest BCUT2D eigenvalue weighted by Crippen LogP contribution is 2.25. The molecule has 3 heterocycles. The predicted molar refractivity (Wildman–Crippen MR) is 101 cm³/mol. The number of hydrogen-bond donors (Lipinski definition) is 2. The van der Waals surface area contributed by atoms with Crippen LogP contribution in [0.25, 0.3) is 11.0 Å². The van der Waals surface area contributed by atoms with Gasteiger partial charge in [-0.3, -0.25) is 19.6 Å². The Kier molecular flexibility index (Phi) is 4.58. The van der Waals surface area contributed by atoms with Crippen molar-refractivity contribution in [3.8, 4) is 0 Å². The number of para-hydroxylation sites is 2. The van der Waals surface area contributed by atoms with Crippen molar-refractivity contribution < 1.29 is 4.79 Å². The molecule has 2 aromatic rings. The molecule has 0 saturated carbocycles. The zero-order valence-corrected chi connectivity index (χ0v) is 15.4. The van der Waals surface area contributed by atoms with Gasteiger partial charge in [-0.05, 0) is 38.8 Å². The molecule has 2 aliphatic rings. The third kappa shape index (κ3) is 3.05. The highest BCUT2D eigenvalue weighted by Gasteiger charge is 2.34. The molecule has 0 aliphatic carbocycles. The number of aromatic amines is 1. The molecule has 4 rings (SSSR count).